The van der Waals surface area contributed by atoms with Gasteiger partial charge in [0.05, 0.1) is 0 Å². The number of nitrogens with zero attached hydrogens (tertiary/aromatic N) is 1. The van der Waals surface area contributed by atoms with Gasteiger partial charge in [-0.25, -0.2) is 5.84 Å². The van der Waals surface area contributed by atoms with E-state index in [-0.39, 0.29) is 5.91 Å². The standard InChI is InChI=1S/C16H23N3O2/c1-3-5-10-19(4-2)11-13-12-8-6-7-9-14(12)21-15(13)16(20)18-17/h6-9H,3-5,10-11,17H2,1-2H3,(H,18,20). The molecular formula is C16H23N3O2. The van der Waals surface area contributed by atoms with Crippen LogP contribution in [0.3, 0.4) is 0 Å². The summed E-state index contributed by atoms with van der Waals surface area (Å²) in [6, 6.07) is 7.70. The van der Waals surface area contributed by atoms with Gasteiger partial charge in [0.25, 0.3) is 0 Å². The van der Waals surface area contributed by atoms with Crippen molar-refractivity contribution in [2.75, 3.05) is 13.1 Å². The number of hydrazine groups is 1. The molecule has 1 aromatic carbocycles. The van der Waals surface area contributed by atoms with E-state index in [1.54, 1.807) is 0 Å². The zero-order valence-electron chi connectivity index (χ0n) is 12.7. The fraction of sp³-hybridized carbons (Fsp3) is 0.438. The molecule has 1 amide bonds. The molecule has 0 fully saturated rings. The first-order chi connectivity index (χ1) is 10.2. The summed E-state index contributed by atoms with van der Waals surface area (Å²) in [5.41, 5.74) is 3.79. The molecule has 5 heteroatoms. The van der Waals surface area contributed by atoms with E-state index in [0.29, 0.717) is 12.3 Å². The first-order valence-electron chi connectivity index (χ1n) is 7.44. The molecule has 1 aromatic heterocycles. The van der Waals surface area contributed by atoms with Gasteiger partial charge in [0.15, 0.2) is 5.76 Å². The number of hydrogen-bond acceptors (Lipinski definition) is 4. The lowest BCUT2D eigenvalue weighted by molar-refractivity contribution is 0.0925. The number of carbonyl (C=O) groups is 1. The Morgan fingerprint density at radius 2 is 2.10 bits per heavy atom. The van der Waals surface area contributed by atoms with E-state index < -0.39 is 0 Å². The normalized spacial score (nSPS) is 11.2. The molecule has 2 rings (SSSR count). The second-order valence-corrected chi connectivity index (χ2v) is 5.10. The van der Waals surface area contributed by atoms with E-state index in [9.17, 15) is 4.79 Å². The number of benzene rings is 1. The molecule has 1 heterocycles. The first kappa shape index (κ1) is 15.5. The van der Waals surface area contributed by atoms with E-state index in [1.807, 2.05) is 24.3 Å². The quantitative estimate of drug-likeness (QED) is 0.467. The van der Waals surface area contributed by atoms with Gasteiger partial charge in [-0.15, -0.1) is 0 Å². The van der Waals surface area contributed by atoms with Crippen molar-refractivity contribution >= 4 is 16.9 Å². The first-order valence-corrected chi connectivity index (χ1v) is 7.44. The van der Waals surface area contributed by atoms with E-state index in [0.717, 1.165) is 42.5 Å². The van der Waals surface area contributed by atoms with Crippen LogP contribution in [0.1, 0.15) is 42.8 Å². The van der Waals surface area contributed by atoms with Gasteiger partial charge in [-0.1, -0.05) is 38.5 Å². The lowest BCUT2D eigenvalue weighted by Crippen LogP contribution is -2.31. The number of para-hydroxylation sites is 1. The maximum atomic E-state index is 11.9. The highest BCUT2D eigenvalue weighted by Gasteiger charge is 2.21. The Kier molecular flexibility index (Phi) is 5.36. The highest BCUT2D eigenvalue weighted by atomic mass is 16.3. The fourth-order valence-electron chi connectivity index (χ4n) is 2.46. The van der Waals surface area contributed by atoms with Gasteiger partial charge in [0.1, 0.15) is 5.58 Å². The second kappa shape index (κ2) is 7.24. The summed E-state index contributed by atoms with van der Waals surface area (Å²) in [7, 11) is 0. The van der Waals surface area contributed by atoms with Gasteiger partial charge >= 0.3 is 5.91 Å². The molecule has 2 aromatic rings. The molecule has 0 spiro atoms. The Hall–Kier alpha value is -1.85. The largest absolute Gasteiger partial charge is 0.451 e. The number of carbonyl (C=O) groups excluding carboxylic acids is 1. The van der Waals surface area contributed by atoms with Crippen molar-refractivity contribution in [2.24, 2.45) is 5.84 Å². The minimum Gasteiger partial charge on any atom is -0.451 e. The third kappa shape index (κ3) is 3.43. The van der Waals surface area contributed by atoms with Crippen LogP contribution in [0.4, 0.5) is 0 Å². The Labute approximate surface area is 125 Å². The summed E-state index contributed by atoms with van der Waals surface area (Å²) < 4.78 is 5.68. The van der Waals surface area contributed by atoms with Gasteiger partial charge in [-0.2, -0.15) is 0 Å². The lowest BCUT2D eigenvalue weighted by atomic mass is 10.1. The minimum atomic E-state index is -0.382. The smallest absolute Gasteiger partial charge is 0.301 e. The van der Waals surface area contributed by atoms with Crippen molar-refractivity contribution < 1.29 is 9.21 Å². The summed E-state index contributed by atoms with van der Waals surface area (Å²) in [5, 5.41) is 0.978. The predicted molar refractivity (Wildman–Crippen MR) is 83.7 cm³/mol. The highest BCUT2D eigenvalue weighted by Crippen LogP contribution is 2.27. The SMILES string of the molecule is CCCCN(CC)Cc1c(C(=O)NN)oc2ccccc12. The van der Waals surface area contributed by atoms with Crippen LogP contribution >= 0.6 is 0 Å². The summed E-state index contributed by atoms with van der Waals surface area (Å²) in [5.74, 6) is 5.20. The number of amides is 1. The lowest BCUT2D eigenvalue weighted by Gasteiger charge is -2.20. The van der Waals surface area contributed by atoms with Gasteiger partial charge in [-0.3, -0.25) is 15.1 Å². The van der Waals surface area contributed by atoms with Crippen molar-refractivity contribution in [3.05, 3.63) is 35.6 Å². The number of rotatable bonds is 7. The monoisotopic (exact) mass is 289 g/mol. The molecule has 3 N–H and O–H groups in total. The number of fused-ring (bicyclic) bond motifs is 1. The Bertz CT molecular complexity index is 607. The summed E-state index contributed by atoms with van der Waals surface area (Å²) in [6.45, 7) is 6.94. The zero-order valence-corrected chi connectivity index (χ0v) is 12.7. The van der Waals surface area contributed by atoms with Crippen molar-refractivity contribution in [1.29, 1.82) is 0 Å². The predicted octanol–water partition coefficient (Wildman–Crippen LogP) is 2.66. The Balaban J connectivity index is 2.37. The molecular weight excluding hydrogens is 266 g/mol. The number of furan rings is 1. The van der Waals surface area contributed by atoms with Crippen LogP contribution in [-0.4, -0.2) is 23.9 Å². The molecule has 0 aliphatic carbocycles. The maximum Gasteiger partial charge on any atom is 0.301 e. The Morgan fingerprint density at radius 1 is 1.33 bits per heavy atom. The van der Waals surface area contributed by atoms with E-state index in [4.69, 9.17) is 10.3 Å². The summed E-state index contributed by atoms with van der Waals surface area (Å²) in [6.07, 6.45) is 2.29. The van der Waals surface area contributed by atoms with Gasteiger partial charge < -0.3 is 4.42 Å². The molecule has 21 heavy (non-hydrogen) atoms. The highest BCUT2D eigenvalue weighted by molar-refractivity contribution is 5.98. The molecule has 0 bridgehead atoms. The number of unbranched alkanes of at least 4 members (excludes halogenated alkanes) is 1. The molecule has 0 atom stereocenters. The van der Waals surface area contributed by atoms with Crippen LogP contribution in [0, 0.1) is 0 Å². The van der Waals surface area contributed by atoms with Crippen LogP contribution in [0.2, 0.25) is 0 Å². The number of hydrogen-bond donors (Lipinski definition) is 2. The molecule has 0 radical (unpaired) electrons. The molecule has 5 nitrogen and oxygen atoms in total. The maximum absolute atomic E-state index is 11.9. The number of nitrogen functional groups attached to an aromatic ring is 1. The average molecular weight is 289 g/mol. The van der Waals surface area contributed by atoms with E-state index >= 15 is 0 Å². The van der Waals surface area contributed by atoms with Gasteiger partial charge in [0.2, 0.25) is 0 Å². The molecule has 0 saturated heterocycles. The summed E-state index contributed by atoms with van der Waals surface area (Å²) in [4.78, 5) is 14.3. The van der Waals surface area contributed by atoms with Crippen molar-refractivity contribution in [2.45, 2.75) is 33.2 Å². The minimum absolute atomic E-state index is 0.314. The van der Waals surface area contributed by atoms with E-state index in [1.165, 1.54) is 0 Å². The second-order valence-electron chi connectivity index (χ2n) is 5.10. The number of nitrogens with two attached hydrogens (primary N) is 1. The van der Waals surface area contributed by atoms with Crippen LogP contribution in [0.15, 0.2) is 28.7 Å². The zero-order chi connectivity index (χ0) is 15.2. The topological polar surface area (TPSA) is 71.5 Å². The van der Waals surface area contributed by atoms with Crippen LogP contribution in [-0.2, 0) is 6.54 Å². The molecule has 114 valence electrons. The average Bonchev–Trinajstić information content (AvgIpc) is 2.89. The third-order valence-corrected chi connectivity index (χ3v) is 3.69. The van der Waals surface area contributed by atoms with Crippen LogP contribution in [0.5, 0.6) is 0 Å². The van der Waals surface area contributed by atoms with Crippen molar-refractivity contribution in [3.8, 4) is 0 Å². The Morgan fingerprint density at radius 3 is 2.76 bits per heavy atom. The molecule has 0 aliphatic heterocycles. The third-order valence-electron chi connectivity index (χ3n) is 3.69. The van der Waals surface area contributed by atoms with Crippen molar-refractivity contribution in [1.82, 2.24) is 10.3 Å². The number of nitrogens with one attached hydrogen (secondary N) is 1. The van der Waals surface area contributed by atoms with Crippen LogP contribution in [0.25, 0.3) is 11.0 Å². The van der Waals surface area contributed by atoms with Gasteiger partial charge in [-0.05, 0) is 25.6 Å². The molecule has 0 aliphatic rings. The molecule has 0 saturated carbocycles. The van der Waals surface area contributed by atoms with Gasteiger partial charge in [0, 0.05) is 17.5 Å². The fourth-order valence-corrected chi connectivity index (χ4v) is 2.46. The van der Waals surface area contributed by atoms with Crippen molar-refractivity contribution in [3.63, 3.8) is 0 Å². The molecule has 0 unspecified atom stereocenters. The summed E-state index contributed by atoms with van der Waals surface area (Å²) >= 11 is 0. The van der Waals surface area contributed by atoms with Crippen LogP contribution < -0.4 is 11.3 Å². The van der Waals surface area contributed by atoms with E-state index in [2.05, 4.69) is 24.2 Å².